The Bertz CT molecular complexity index is 689. The topological polar surface area (TPSA) is 88.6 Å². The third-order valence-electron chi connectivity index (χ3n) is 4.49. The van der Waals surface area contributed by atoms with Crippen molar-refractivity contribution in [2.75, 3.05) is 32.5 Å². The van der Waals surface area contributed by atoms with Gasteiger partial charge in [-0.15, -0.1) is 0 Å². The Morgan fingerprint density at radius 2 is 2.22 bits per heavy atom. The molecule has 0 spiro atoms. The summed E-state index contributed by atoms with van der Waals surface area (Å²) >= 11 is 0. The van der Waals surface area contributed by atoms with E-state index in [2.05, 4.69) is 9.71 Å². The fraction of sp³-hybridized carbons (Fsp3) is 0.600. The summed E-state index contributed by atoms with van der Waals surface area (Å²) in [5.41, 5.74) is 1.44. The van der Waals surface area contributed by atoms with Gasteiger partial charge in [0.1, 0.15) is 0 Å². The van der Waals surface area contributed by atoms with Gasteiger partial charge in [0.15, 0.2) is 0 Å². The lowest BCUT2D eigenvalue weighted by molar-refractivity contribution is 0.0678. The molecule has 1 aromatic rings. The van der Waals surface area contributed by atoms with E-state index in [0.29, 0.717) is 31.8 Å². The van der Waals surface area contributed by atoms with Gasteiger partial charge in [-0.1, -0.05) is 0 Å². The molecule has 1 amide bonds. The maximum atomic E-state index is 12.5. The highest BCUT2D eigenvalue weighted by Gasteiger charge is 2.45. The molecule has 1 N–H and O–H groups in total. The second-order valence-corrected chi connectivity index (χ2v) is 8.15. The van der Waals surface area contributed by atoms with E-state index in [1.54, 1.807) is 17.2 Å². The first-order chi connectivity index (χ1) is 10.8. The number of rotatable bonds is 4. The highest BCUT2D eigenvalue weighted by Crippen LogP contribution is 2.34. The Kier molecular flexibility index (Phi) is 4.39. The molecule has 0 radical (unpaired) electrons. The number of sulfonamides is 1. The summed E-state index contributed by atoms with van der Waals surface area (Å²) in [5.74, 6) is 0.223. The molecular weight excluding hydrogens is 318 g/mol. The summed E-state index contributed by atoms with van der Waals surface area (Å²) in [6.45, 7) is 3.90. The molecular formula is C15H21N3O4S. The van der Waals surface area contributed by atoms with Gasteiger partial charge in [-0.2, -0.15) is 0 Å². The number of hydrogen-bond acceptors (Lipinski definition) is 5. The SMILES string of the molecule is Cc1ccc(C(=O)N2C[C@@H]3[C@@H](CNS(C)(=O)=O)CO[C@@H]3C2)cn1. The molecule has 2 aliphatic rings. The lowest BCUT2D eigenvalue weighted by atomic mass is 9.93. The second kappa shape index (κ2) is 6.18. The number of likely N-dealkylation sites (tertiary alicyclic amines) is 1. The van der Waals surface area contributed by atoms with Gasteiger partial charge in [0, 0.05) is 43.4 Å². The maximum Gasteiger partial charge on any atom is 0.255 e. The molecule has 8 heteroatoms. The molecule has 0 unspecified atom stereocenters. The summed E-state index contributed by atoms with van der Waals surface area (Å²) in [6.07, 6.45) is 2.73. The third kappa shape index (κ3) is 3.70. The molecule has 0 bridgehead atoms. The van der Waals surface area contributed by atoms with E-state index >= 15 is 0 Å². The molecule has 0 saturated carbocycles. The Hall–Kier alpha value is -1.51. The van der Waals surface area contributed by atoms with Gasteiger partial charge < -0.3 is 9.64 Å². The Labute approximate surface area is 136 Å². The number of pyridine rings is 1. The van der Waals surface area contributed by atoms with Gasteiger partial charge in [-0.3, -0.25) is 9.78 Å². The van der Waals surface area contributed by atoms with Crippen LogP contribution in [0.1, 0.15) is 16.1 Å². The summed E-state index contributed by atoms with van der Waals surface area (Å²) in [7, 11) is -3.21. The average Bonchev–Trinajstić information content (AvgIpc) is 3.05. The van der Waals surface area contributed by atoms with Gasteiger partial charge in [-0.25, -0.2) is 13.1 Å². The van der Waals surface area contributed by atoms with Crippen molar-refractivity contribution in [2.45, 2.75) is 13.0 Å². The fourth-order valence-corrected chi connectivity index (χ4v) is 3.73. The number of ether oxygens (including phenoxy) is 1. The van der Waals surface area contributed by atoms with Crippen molar-refractivity contribution in [2.24, 2.45) is 11.8 Å². The van der Waals surface area contributed by atoms with E-state index < -0.39 is 10.0 Å². The van der Waals surface area contributed by atoms with Gasteiger partial charge in [0.2, 0.25) is 10.0 Å². The van der Waals surface area contributed by atoms with Crippen molar-refractivity contribution >= 4 is 15.9 Å². The van der Waals surface area contributed by atoms with E-state index in [1.165, 1.54) is 0 Å². The van der Waals surface area contributed by atoms with E-state index in [4.69, 9.17) is 4.74 Å². The summed E-state index contributed by atoms with van der Waals surface area (Å²) < 4.78 is 30.8. The number of carbonyl (C=O) groups excluding carboxylic acids is 1. The number of aromatic nitrogens is 1. The van der Waals surface area contributed by atoms with E-state index in [-0.39, 0.29) is 23.8 Å². The first-order valence-corrected chi connectivity index (χ1v) is 9.51. The van der Waals surface area contributed by atoms with Crippen LogP contribution in [0, 0.1) is 18.8 Å². The smallest absolute Gasteiger partial charge is 0.255 e. The molecule has 2 saturated heterocycles. The van der Waals surface area contributed by atoms with Gasteiger partial charge in [0.25, 0.3) is 5.91 Å². The van der Waals surface area contributed by atoms with Crippen LogP contribution in [0.25, 0.3) is 0 Å². The van der Waals surface area contributed by atoms with Crippen LogP contribution in [0.5, 0.6) is 0 Å². The number of nitrogens with zero attached hydrogens (tertiary/aromatic N) is 2. The summed E-state index contributed by atoms with van der Waals surface area (Å²) in [6, 6.07) is 3.60. The second-order valence-electron chi connectivity index (χ2n) is 6.31. The zero-order valence-corrected chi connectivity index (χ0v) is 14.0. The molecule has 2 fully saturated rings. The van der Waals surface area contributed by atoms with Crippen LogP contribution in [0.3, 0.4) is 0 Å². The minimum absolute atomic E-state index is 0.0104. The van der Waals surface area contributed by atoms with Crippen LogP contribution in [0.4, 0.5) is 0 Å². The largest absolute Gasteiger partial charge is 0.376 e. The Morgan fingerprint density at radius 1 is 1.43 bits per heavy atom. The number of hydrogen-bond donors (Lipinski definition) is 1. The molecule has 126 valence electrons. The van der Waals surface area contributed by atoms with Gasteiger partial charge in [-0.05, 0) is 19.1 Å². The molecule has 7 nitrogen and oxygen atoms in total. The first kappa shape index (κ1) is 16.4. The van der Waals surface area contributed by atoms with Crippen molar-refractivity contribution in [1.29, 1.82) is 0 Å². The monoisotopic (exact) mass is 339 g/mol. The van der Waals surface area contributed by atoms with Gasteiger partial charge >= 0.3 is 0 Å². The van der Waals surface area contributed by atoms with Crippen LogP contribution in [0.2, 0.25) is 0 Å². The maximum absolute atomic E-state index is 12.5. The predicted octanol–water partition coefficient (Wildman–Crippen LogP) is 0.0262. The number of amides is 1. The molecule has 1 aromatic heterocycles. The quantitative estimate of drug-likeness (QED) is 0.836. The van der Waals surface area contributed by atoms with Crippen LogP contribution >= 0.6 is 0 Å². The molecule has 0 aliphatic carbocycles. The third-order valence-corrected chi connectivity index (χ3v) is 5.18. The highest BCUT2D eigenvalue weighted by molar-refractivity contribution is 7.88. The average molecular weight is 339 g/mol. The Morgan fingerprint density at radius 3 is 2.87 bits per heavy atom. The van der Waals surface area contributed by atoms with E-state index in [9.17, 15) is 13.2 Å². The first-order valence-electron chi connectivity index (χ1n) is 7.61. The summed E-state index contributed by atoms with van der Waals surface area (Å²) in [5, 5.41) is 0. The molecule has 0 aromatic carbocycles. The molecule has 2 aliphatic heterocycles. The predicted molar refractivity (Wildman–Crippen MR) is 84.4 cm³/mol. The zero-order valence-electron chi connectivity index (χ0n) is 13.2. The lowest BCUT2D eigenvalue weighted by Crippen LogP contribution is -2.35. The fourth-order valence-electron chi connectivity index (χ4n) is 3.21. The van der Waals surface area contributed by atoms with Gasteiger partial charge in [0.05, 0.1) is 24.5 Å². The van der Waals surface area contributed by atoms with Crippen molar-refractivity contribution in [3.8, 4) is 0 Å². The number of carbonyl (C=O) groups is 1. The molecule has 3 heterocycles. The molecule has 3 atom stereocenters. The molecule has 3 rings (SSSR count). The lowest BCUT2D eigenvalue weighted by Gasteiger charge is -2.20. The van der Waals surface area contributed by atoms with E-state index in [1.807, 2.05) is 13.0 Å². The highest BCUT2D eigenvalue weighted by atomic mass is 32.2. The molecule has 23 heavy (non-hydrogen) atoms. The zero-order chi connectivity index (χ0) is 16.6. The number of nitrogens with one attached hydrogen (secondary N) is 1. The number of fused-ring (bicyclic) bond motifs is 1. The van der Waals surface area contributed by atoms with Crippen LogP contribution in [-0.4, -0.2) is 62.8 Å². The van der Waals surface area contributed by atoms with E-state index in [0.717, 1.165) is 11.9 Å². The van der Waals surface area contributed by atoms with Crippen molar-refractivity contribution in [3.05, 3.63) is 29.6 Å². The minimum Gasteiger partial charge on any atom is -0.376 e. The standard InChI is InChI=1S/C15H21N3O4S/c1-10-3-4-11(5-16-10)15(19)18-7-13-12(6-17-23(2,20)21)9-22-14(13)8-18/h3-5,12-14,17H,6-9H2,1-2H3/t12-,13+,14+/m0/s1. The van der Waals surface area contributed by atoms with Crippen molar-refractivity contribution < 1.29 is 17.9 Å². The summed E-state index contributed by atoms with van der Waals surface area (Å²) in [4.78, 5) is 18.5. The van der Waals surface area contributed by atoms with Crippen LogP contribution in [-0.2, 0) is 14.8 Å². The van der Waals surface area contributed by atoms with Crippen molar-refractivity contribution in [1.82, 2.24) is 14.6 Å². The normalized spacial score (nSPS) is 27.2. The minimum atomic E-state index is -3.21. The Balaban J connectivity index is 1.63. The van der Waals surface area contributed by atoms with Crippen LogP contribution in [0.15, 0.2) is 18.3 Å². The van der Waals surface area contributed by atoms with Crippen LogP contribution < -0.4 is 4.72 Å². The van der Waals surface area contributed by atoms with Crippen molar-refractivity contribution in [3.63, 3.8) is 0 Å². The number of aryl methyl sites for hydroxylation is 1.